The first-order valence-corrected chi connectivity index (χ1v) is 5.73. The normalized spacial score (nSPS) is 12.8. The Kier molecular flexibility index (Phi) is 5.56. The van der Waals surface area contributed by atoms with Gasteiger partial charge in [-0.3, -0.25) is 0 Å². The molecule has 5 heteroatoms. The Labute approximate surface area is 102 Å². The summed E-state index contributed by atoms with van der Waals surface area (Å²) in [6, 6.07) is 5.44. The van der Waals surface area contributed by atoms with Crippen molar-refractivity contribution in [3.8, 4) is 0 Å². The maximum absolute atomic E-state index is 8.68. The Hall–Kier alpha value is -0.130. The van der Waals surface area contributed by atoms with Crippen LogP contribution in [-0.2, 0) is 4.74 Å². The fraction of sp³-hybridized carbons (Fsp3) is 0.400. The summed E-state index contributed by atoms with van der Waals surface area (Å²) in [5.74, 6) is 0. The van der Waals surface area contributed by atoms with Crippen LogP contribution in [0.15, 0.2) is 22.7 Å². The van der Waals surface area contributed by atoms with Gasteiger partial charge in [0.2, 0.25) is 0 Å². The molecule has 1 unspecified atom stereocenters. The topological polar surface area (TPSA) is 55.5 Å². The lowest BCUT2D eigenvalue weighted by Gasteiger charge is -2.17. The van der Waals surface area contributed by atoms with Crippen molar-refractivity contribution in [2.24, 2.45) is 5.73 Å². The lowest BCUT2D eigenvalue weighted by Crippen LogP contribution is -2.18. The molecule has 0 fully saturated rings. The van der Waals surface area contributed by atoms with Crippen LogP contribution in [0.5, 0.6) is 0 Å². The average Bonchev–Trinajstić information content (AvgIpc) is 2.24. The quantitative estimate of drug-likeness (QED) is 0.874. The number of halogens is 2. The van der Waals surface area contributed by atoms with Gasteiger partial charge in [-0.25, -0.2) is 0 Å². The second kappa shape index (κ2) is 6.45. The third kappa shape index (κ3) is 3.74. The fourth-order valence-corrected chi connectivity index (χ4v) is 1.92. The molecule has 84 valence electrons. The molecule has 1 aromatic rings. The number of aliphatic hydroxyl groups is 1. The predicted octanol–water partition coefficient (Wildman–Crippen LogP) is 2.11. The van der Waals surface area contributed by atoms with Crippen molar-refractivity contribution in [2.45, 2.75) is 6.10 Å². The van der Waals surface area contributed by atoms with Gasteiger partial charge in [0.05, 0.1) is 19.3 Å². The van der Waals surface area contributed by atoms with Crippen LogP contribution in [0.2, 0.25) is 5.02 Å². The van der Waals surface area contributed by atoms with Gasteiger partial charge in [-0.15, -0.1) is 0 Å². The zero-order valence-electron chi connectivity index (χ0n) is 8.12. The van der Waals surface area contributed by atoms with Gasteiger partial charge in [0, 0.05) is 16.0 Å². The highest BCUT2D eigenvalue weighted by Crippen LogP contribution is 2.28. The monoisotopic (exact) mass is 293 g/mol. The zero-order chi connectivity index (χ0) is 11.3. The van der Waals surface area contributed by atoms with Gasteiger partial charge in [-0.05, 0) is 23.8 Å². The minimum Gasteiger partial charge on any atom is -0.394 e. The van der Waals surface area contributed by atoms with Crippen molar-refractivity contribution in [1.82, 2.24) is 0 Å². The summed E-state index contributed by atoms with van der Waals surface area (Å²) in [5, 5.41) is 9.32. The van der Waals surface area contributed by atoms with Gasteiger partial charge in [-0.2, -0.15) is 0 Å². The van der Waals surface area contributed by atoms with Crippen molar-refractivity contribution in [2.75, 3.05) is 19.8 Å². The summed E-state index contributed by atoms with van der Waals surface area (Å²) in [5.41, 5.74) is 6.50. The maximum atomic E-state index is 8.68. The molecule has 1 rings (SSSR count). The summed E-state index contributed by atoms with van der Waals surface area (Å²) >= 11 is 9.29. The van der Waals surface area contributed by atoms with Gasteiger partial charge < -0.3 is 15.6 Å². The molecule has 0 aliphatic carbocycles. The second-order valence-electron chi connectivity index (χ2n) is 2.98. The van der Waals surface area contributed by atoms with E-state index in [0.717, 1.165) is 10.0 Å². The maximum Gasteiger partial charge on any atom is 0.0959 e. The molecule has 0 radical (unpaired) electrons. The van der Waals surface area contributed by atoms with Crippen molar-refractivity contribution in [3.05, 3.63) is 33.3 Å². The van der Waals surface area contributed by atoms with Crippen LogP contribution in [0.3, 0.4) is 0 Å². The summed E-state index contributed by atoms with van der Waals surface area (Å²) in [6.45, 7) is 0.592. The molecule has 0 aliphatic heterocycles. The smallest absolute Gasteiger partial charge is 0.0959 e. The first-order chi connectivity index (χ1) is 7.19. The highest BCUT2D eigenvalue weighted by atomic mass is 79.9. The number of nitrogens with two attached hydrogens (primary N) is 1. The highest BCUT2D eigenvalue weighted by molar-refractivity contribution is 9.10. The molecule has 0 heterocycles. The SMILES string of the molecule is NCC(OCCO)c1cc(Cl)ccc1Br. The molecule has 0 bridgehead atoms. The molecule has 0 amide bonds. The van der Waals surface area contributed by atoms with Crippen molar-refractivity contribution in [1.29, 1.82) is 0 Å². The number of hydrogen-bond donors (Lipinski definition) is 2. The van der Waals surface area contributed by atoms with Crippen LogP contribution < -0.4 is 5.73 Å². The van der Waals surface area contributed by atoms with Crippen molar-refractivity contribution >= 4 is 27.5 Å². The first-order valence-electron chi connectivity index (χ1n) is 4.56. The zero-order valence-corrected chi connectivity index (χ0v) is 10.5. The molecule has 3 nitrogen and oxygen atoms in total. The third-order valence-corrected chi connectivity index (χ3v) is 2.89. The second-order valence-corrected chi connectivity index (χ2v) is 4.28. The van der Waals surface area contributed by atoms with Crippen LogP contribution in [-0.4, -0.2) is 24.9 Å². The molecule has 0 aliphatic rings. The number of ether oxygens (including phenoxy) is 1. The first kappa shape index (κ1) is 12.9. The van der Waals surface area contributed by atoms with E-state index in [1.807, 2.05) is 6.07 Å². The summed E-state index contributed by atoms with van der Waals surface area (Å²) in [7, 11) is 0. The van der Waals surface area contributed by atoms with E-state index >= 15 is 0 Å². The number of benzene rings is 1. The molecule has 0 saturated carbocycles. The summed E-state index contributed by atoms with van der Waals surface area (Å²) < 4.78 is 6.30. The van der Waals surface area contributed by atoms with E-state index in [1.54, 1.807) is 12.1 Å². The van der Waals surface area contributed by atoms with E-state index in [9.17, 15) is 0 Å². The minimum atomic E-state index is -0.245. The Morgan fingerprint density at radius 3 is 2.87 bits per heavy atom. The number of rotatable bonds is 5. The molecular formula is C10H13BrClNO2. The van der Waals surface area contributed by atoms with E-state index in [2.05, 4.69) is 15.9 Å². The number of hydrogen-bond acceptors (Lipinski definition) is 3. The summed E-state index contributed by atoms with van der Waals surface area (Å²) in [6.07, 6.45) is -0.245. The molecule has 15 heavy (non-hydrogen) atoms. The molecule has 0 aromatic heterocycles. The van der Waals surface area contributed by atoms with Gasteiger partial charge in [0.15, 0.2) is 0 Å². The van der Waals surface area contributed by atoms with Crippen LogP contribution in [0.25, 0.3) is 0 Å². The van der Waals surface area contributed by atoms with Crippen molar-refractivity contribution in [3.63, 3.8) is 0 Å². The van der Waals surface area contributed by atoms with Crippen LogP contribution in [0.4, 0.5) is 0 Å². The van der Waals surface area contributed by atoms with Crippen molar-refractivity contribution < 1.29 is 9.84 Å². The largest absolute Gasteiger partial charge is 0.394 e. The Balaban J connectivity index is 2.85. The molecule has 0 spiro atoms. The van der Waals surface area contributed by atoms with Crippen LogP contribution in [0, 0.1) is 0 Å². The van der Waals surface area contributed by atoms with Crippen LogP contribution >= 0.6 is 27.5 Å². The third-order valence-electron chi connectivity index (χ3n) is 1.93. The predicted molar refractivity (Wildman–Crippen MR) is 64.0 cm³/mol. The fourth-order valence-electron chi connectivity index (χ4n) is 1.24. The van der Waals surface area contributed by atoms with E-state index in [-0.39, 0.29) is 19.3 Å². The van der Waals surface area contributed by atoms with E-state index in [4.69, 9.17) is 27.2 Å². The van der Waals surface area contributed by atoms with Gasteiger partial charge >= 0.3 is 0 Å². The van der Waals surface area contributed by atoms with Gasteiger partial charge in [0.1, 0.15) is 0 Å². The minimum absolute atomic E-state index is 0.0192. The van der Waals surface area contributed by atoms with Gasteiger partial charge in [0.25, 0.3) is 0 Å². The Morgan fingerprint density at radius 2 is 2.27 bits per heavy atom. The summed E-state index contributed by atoms with van der Waals surface area (Å²) in [4.78, 5) is 0. The molecule has 1 aromatic carbocycles. The molecule has 0 saturated heterocycles. The average molecular weight is 295 g/mol. The van der Waals surface area contributed by atoms with E-state index < -0.39 is 0 Å². The number of aliphatic hydroxyl groups excluding tert-OH is 1. The van der Waals surface area contributed by atoms with Gasteiger partial charge in [-0.1, -0.05) is 27.5 Å². The standard InChI is InChI=1S/C10H13BrClNO2/c11-9-2-1-7(12)5-8(9)10(6-13)15-4-3-14/h1-2,5,10,14H,3-4,6,13H2. The van der Waals surface area contributed by atoms with E-state index in [0.29, 0.717) is 11.6 Å². The lowest BCUT2D eigenvalue weighted by atomic mass is 10.1. The Morgan fingerprint density at radius 1 is 1.53 bits per heavy atom. The van der Waals surface area contributed by atoms with E-state index in [1.165, 1.54) is 0 Å². The molecular weight excluding hydrogens is 281 g/mol. The molecule has 1 atom stereocenters. The lowest BCUT2D eigenvalue weighted by molar-refractivity contribution is 0.0325. The van der Waals surface area contributed by atoms with Crippen LogP contribution in [0.1, 0.15) is 11.7 Å². The molecule has 3 N–H and O–H groups in total. The Bertz CT molecular complexity index is 322. The highest BCUT2D eigenvalue weighted by Gasteiger charge is 2.13.